The largest absolute Gasteiger partial charge is 0.459 e. The fourth-order valence-corrected chi connectivity index (χ4v) is 4.05. The van der Waals surface area contributed by atoms with Crippen LogP contribution in [0.1, 0.15) is 60.8 Å². The normalized spacial score (nSPS) is 14.2. The van der Waals surface area contributed by atoms with Crippen molar-refractivity contribution in [3.63, 3.8) is 0 Å². The first-order chi connectivity index (χ1) is 15.4. The number of amides is 2. The Morgan fingerprint density at radius 3 is 2.31 bits per heavy atom. The number of aryl methyl sites for hydroxylation is 2. The Bertz CT molecular complexity index is 1140. The first-order valence-electron chi connectivity index (χ1n) is 10.8. The van der Waals surface area contributed by atoms with Crippen molar-refractivity contribution in [1.82, 2.24) is 10.2 Å². The minimum absolute atomic E-state index is 0.0629. The zero-order chi connectivity index (χ0) is 22.7. The third-order valence-electron chi connectivity index (χ3n) is 5.90. The minimum atomic E-state index is -0.268. The summed E-state index contributed by atoms with van der Waals surface area (Å²) in [5.41, 5.74) is 3.24. The van der Waals surface area contributed by atoms with Crippen LogP contribution in [0.2, 0.25) is 0 Å². The lowest BCUT2D eigenvalue weighted by molar-refractivity contribution is 0.0666. The van der Waals surface area contributed by atoms with Gasteiger partial charge in [0.15, 0.2) is 11.5 Å². The van der Waals surface area contributed by atoms with E-state index in [2.05, 4.69) is 5.32 Å². The molecule has 1 aromatic heterocycles. The average Bonchev–Trinajstić information content (AvgIpc) is 3.35. The Kier molecular flexibility index (Phi) is 6.21. The highest BCUT2D eigenvalue weighted by Crippen LogP contribution is 2.20. The summed E-state index contributed by atoms with van der Waals surface area (Å²) < 4.78 is 5.19. The van der Waals surface area contributed by atoms with Crippen LogP contribution >= 0.6 is 0 Å². The van der Waals surface area contributed by atoms with Gasteiger partial charge in [-0.2, -0.15) is 0 Å². The fraction of sp³-hybridized carbons (Fsp3) is 0.269. The van der Waals surface area contributed by atoms with Crippen LogP contribution in [0.15, 0.2) is 65.3 Å². The summed E-state index contributed by atoms with van der Waals surface area (Å²) in [4.78, 5) is 40.5. The van der Waals surface area contributed by atoms with E-state index >= 15 is 0 Å². The van der Waals surface area contributed by atoms with E-state index in [-0.39, 0.29) is 23.6 Å². The molecule has 1 N–H and O–H groups in total. The Hall–Kier alpha value is -3.67. The molecule has 6 nitrogen and oxygen atoms in total. The van der Waals surface area contributed by atoms with Crippen LogP contribution in [0, 0.1) is 13.8 Å². The highest BCUT2D eigenvalue weighted by Gasteiger charge is 2.27. The summed E-state index contributed by atoms with van der Waals surface area (Å²) in [7, 11) is 0. The van der Waals surface area contributed by atoms with Gasteiger partial charge < -0.3 is 14.6 Å². The van der Waals surface area contributed by atoms with Crippen LogP contribution in [-0.2, 0) is 0 Å². The molecule has 1 saturated heterocycles. The van der Waals surface area contributed by atoms with Crippen molar-refractivity contribution >= 4 is 17.6 Å². The smallest absolute Gasteiger partial charge is 0.289 e. The molecule has 2 heterocycles. The van der Waals surface area contributed by atoms with E-state index in [1.165, 1.54) is 6.26 Å². The quantitative estimate of drug-likeness (QED) is 0.617. The number of furan rings is 1. The zero-order valence-electron chi connectivity index (χ0n) is 18.3. The highest BCUT2D eigenvalue weighted by atomic mass is 16.3. The van der Waals surface area contributed by atoms with Crippen molar-refractivity contribution < 1.29 is 18.8 Å². The molecule has 2 amide bonds. The number of benzene rings is 2. The molecular formula is C26H26N2O4. The summed E-state index contributed by atoms with van der Waals surface area (Å²) in [5.74, 6) is -0.235. The second kappa shape index (κ2) is 9.22. The summed E-state index contributed by atoms with van der Waals surface area (Å²) in [5, 5.41) is 3.05. The second-order valence-electron chi connectivity index (χ2n) is 8.21. The van der Waals surface area contributed by atoms with Crippen molar-refractivity contribution in [3.05, 3.63) is 94.4 Å². The maximum atomic E-state index is 13.2. The van der Waals surface area contributed by atoms with Crippen LogP contribution in [-0.4, -0.2) is 41.6 Å². The number of piperidine rings is 1. The Balaban J connectivity index is 1.44. The summed E-state index contributed by atoms with van der Waals surface area (Å²) in [6.45, 7) is 4.91. The first-order valence-corrected chi connectivity index (χ1v) is 10.8. The number of rotatable bonds is 5. The summed E-state index contributed by atoms with van der Waals surface area (Å²) in [6, 6.07) is 15.9. The van der Waals surface area contributed by atoms with Crippen molar-refractivity contribution in [3.8, 4) is 0 Å². The molecule has 4 rings (SSSR count). The molecule has 1 aliphatic heterocycles. The van der Waals surface area contributed by atoms with Gasteiger partial charge in [-0.15, -0.1) is 0 Å². The summed E-state index contributed by atoms with van der Waals surface area (Å²) in [6.07, 6.45) is 2.77. The molecule has 164 valence electrons. The molecule has 0 unspecified atom stereocenters. The van der Waals surface area contributed by atoms with Gasteiger partial charge in [0.25, 0.3) is 11.8 Å². The number of carbonyl (C=O) groups excluding carboxylic acids is 3. The summed E-state index contributed by atoms with van der Waals surface area (Å²) >= 11 is 0. The number of nitrogens with one attached hydrogen (secondary N) is 1. The molecular weight excluding hydrogens is 404 g/mol. The number of carbonyl (C=O) groups is 3. The molecule has 0 bridgehead atoms. The van der Waals surface area contributed by atoms with Gasteiger partial charge in [-0.1, -0.05) is 35.9 Å². The molecule has 2 aromatic carbocycles. The molecule has 0 spiro atoms. The number of hydrogen-bond donors (Lipinski definition) is 1. The highest BCUT2D eigenvalue weighted by molar-refractivity contribution is 6.16. The molecule has 0 saturated carbocycles. The number of hydrogen-bond acceptors (Lipinski definition) is 4. The second-order valence-corrected chi connectivity index (χ2v) is 8.21. The monoisotopic (exact) mass is 430 g/mol. The van der Waals surface area contributed by atoms with Crippen LogP contribution in [0.25, 0.3) is 0 Å². The number of nitrogens with zero attached hydrogens (tertiary/aromatic N) is 1. The molecule has 0 aliphatic carbocycles. The molecule has 3 aromatic rings. The molecule has 1 aliphatic rings. The van der Waals surface area contributed by atoms with E-state index < -0.39 is 0 Å². The molecule has 32 heavy (non-hydrogen) atoms. The fourth-order valence-electron chi connectivity index (χ4n) is 4.05. The van der Waals surface area contributed by atoms with E-state index in [9.17, 15) is 14.4 Å². The minimum Gasteiger partial charge on any atom is -0.459 e. The van der Waals surface area contributed by atoms with Crippen molar-refractivity contribution in [2.24, 2.45) is 0 Å². The van der Waals surface area contributed by atoms with Gasteiger partial charge in [0.05, 0.1) is 11.8 Å². The van der Waals surface area contributed by atoms with Crippen LogP contribution < -0.4 is 5.32 Å². The lowest BCUT2D eigenvalue weighted by Crippen LogP contribution is -2.46. The Morgan fingerprint density at radius 1 is 0.906 bits per heavy atom. The Morgan fingerprint density at radius 2 is 1.62 bits per heavy atom. The van der Waals surface area contributed by atoms with Crippen molar-refractivity contribution in [2.75, 3.05) is 13.1 Å². The Labute approximate surface area is 187 Å². The average molecular weight is 431 g/mol. The molecule has 1 fully saturated rings. The molecule has 0 radical (unpaired) electrons. The standard InChI is InChI=1S/C26H26N2O4/c1-17-9-10-18(2)22(16-17)24(29)20-6-3-4-7-21(20)25(30)27-19-11-13-28(14-12-19)26(31)23-8-5-15-32-23/h3-10,15-16,19H,11-14H2,1-2H3,(H,27,30). The van der Waals surface area contributed by atoms with E-state index in [1.54, 1.807) is 41.3 Å². The van der Waals surface area contributed by atoms with Gasteiger partial charge in [0.2, 0.25) is 0 Å². The third kappa shape index (κ3) is 4.49. The van der Waals surface area contributed by atoms with Crippen LogP contribution in [0.4, 0.5) is 0 Å². The van der Waals surface area contributed by atoms with Gasteiger partial charge in [-0.25, -0.2) is 0 Å². The lowest BCUT2D eigenvalue weighted by atomic mass is 9.93. The van der Waals surface area contributed by atoms with Gasteiger partial charge >= 0.3 is 0 Å². The van der Waals surface area contributed by atoms with Crippen LogP contribution in [0.5, 0.6) is 0 Å². The number of ketones is 1. The zero-order valence-corrected chi connectivity index (χ0v) is 18.3. The molecule has 6 heteroatoms. The first kappa shape index (κ1) is 21.6. The van der Waals surface area contributed by atoms with Crippen molar-refractivity contribution in [1.29, 1.82) is 0 Å². The SMILES string of the molecule is Cc1ccc(C)c(C(=O)c2ccccc2C(=O)NC2CCN(C(=O)c3ccco3)CC2)c1. The van der Waals surface area contributed by atoms with Gasteiger partial charge in [0, 0.05) is 30.3 Å². The van der Waals surface area contributed by atoms with Crippen LogP contribution in [0.3, 0.4) is 0 Å². The van der Waals surface area contributed by atoms with E-state index in [0.29, 0.717) is 48.4 Å². The molecule has 0 atom stereocenters. The maximum absolute atomic E-state index is 13.2. The third-order valence-corrected chi connectivity index (χ3v) is 5.90. The maximum Gasteiger partial charge on any atom is 0.289 e. The predicted molar refractivity (Wildman–Crippen MR) is 121 cm³/mol. The van der Waals surface area contributed by atoms with E-state index in [4.69, 9.17) is 4.42 Å². The van der Waals surface area contributed by atoms with Gasteiger partial charge in [-0.05, 0) is 56.5 Å². The topological polar surface area (TPSA) is 79.6 Å². The van der Waals surface area contributed by atoms with Gasteiger partial charge in [-0.3, -0.25) is 14.4 Å². The predicted octanol–water partition coefficient (Wildman–Crippen LogP) is 4.16. The van der Waals surface area contributed by atoms with Crippen molar-refractivity contribution in [2.45, 2.75) is 32.7 Å². The van der Waals surface area contributed by atoms with E-state index in [0.717, 1.165) is 11.1 Å². The van der Waals surface area contributed by atoms with Gasteiger partial charge in [0.1, 0.15) is 0 Å². The number of likely N-dealkylation sites (tertiary alicyclic amines) is 1. The van der Waals surface area contributed by atoms with E-state index in [1.807, 2.05) is 32.0 Å². The lowest BCUT2D eigenvalue weighted by Gasteiger charge is -2.32.